The Morgan fingerprint density at radius 2 is 2.27 bits per heavy atom. The third kappa shape index (κ3) is 3.23. The lowest BCUT2D eigenvalue weighted by molar-refractivity contribution is 0.0941. The van der Waals surface area contributed by atoms with Gasteiger partial charge in [0.2, 0.25) is 0 Å². The average Bonchev–Trinajstić information content (AvgIpc) is 2.17. The second-order valence-corrected chi connectivity index (χ2v) is 4.20. The number of phenolic OH excluding ortho intramolecular Hbond substituents is 1. The Balaban J connectivity index is 2.82. The zero-order chi connectivity index (χ0) is 11.4. The highest BCUT2D eigenvalue weighted by atomic mass is 79.9. The van der Waals surface area contributed by atoms with E-state index < -0.39 is 0 Å². The molecule has 0 saturated heterocycles. The normalized spacial score (nSPS) is 12.2. The fourth-order valence-corrected chi connectivity index (χ4v) is 1.34. The lowest BCUT2D eigenvalue weighted by Crippen LogP contribution is -2.33. The van der Waals surface area contributed by atoms with Crippen LogP contribution in [-0.2, 0) is 0 Å². The Morgan fingerprint density at radius 3 is 2.80 bits per heavy atom. The largest absolute Gasteiger partial charge is 0.507 e. The van der Waals surface area contributed by atoms with Crippen LogP contribution in [0.25, 0.3) is 0 Å². The second-order valence-electron chi connectivity index (χ2n) is 3.55. The number of nitrogens with one attached hydrogen (secondary N) is 1. The number of rotatable bonds is 3. The van der Waals surface area contributed by atoms with E-state index in [4.69, 9.17) is 0 Å². The number of aromatic hydroxyl groups is 1. The van der Waals surface area contributed by atoms with Crippen molar-refractivity contribution in [2.75, 3.05) is 5.33 Å². The topological polar surface area (TPSA) is 49.3 Å². The first-order valence-corrected chi connectivity index (χ1v) is 5.83. The zero-order valence-electron chi connectivity index (χ0n) is 8.75. The van der Waals surface area contributed by atoms with E-state index in [0.29, 0.717) is 10.9 Å². The fraction of sp³-hybridized carbons (Fsp3) is 0.364. The van der Waals surface area contributed by atoms with E-state index in [1.165, 1.54) is 0 Å². The molecule has 1 aromatic rings. The van der Waals surface area contributed by atoms with Crippen molar-refractivity contribution < 1.29 is 9.90 Å². The van der Waals surface area contributed by atoms with E-state index in [1.54, 1.807) is 18.2 Å². The van der Waals surface area contributed by atoms with Gasteiger partial charge in [0.05, 0.1) is 5.56 Å². The van der Waals surface area contributed by atoms with Gasteiger partial charge in [-0.1, -0.05) is 22.0 Å². The second kappa shape index (κ2) is 5.16. The van der Waals surface area contributed by atoms with Gasteiger partial charge in [0, 0.05) is 11.4 Å². The number of carbonyl (C=O) groups is 1. The molecule has 82 valence electrons. The summed E-state index contributed by atoms with van der Waals surface area (Å²) in [6.45, 7) is 3.75. The maximum atomic E-state index is 11.7. The minimum absolute atomic E-state index is 0.0225. The summed E-state index contributed by atoms with van der Waals surface area (Å²) < 4.78 is 0. The van der Waals surface area contributed by atoms with Crippen LogP contribution in [0.15, 0.2) is 18.2 Å². The number of amides is 1. The van der Waals surface area contributed by atoms with Crippen LogP contribution in [0.1, 0.15) is 22.8 Å². The molecule has 1 unspecified atom stereocenters. The third-order valence-electron chi connectivity index (χ3n) is 2.01. The van der Waals surface area contributed by atoms with Crippen LogP contribution in [0.3, 0.4) is 0 Å². The first kappa shape index (κ1) is 12.0. The molecule has 0 heterocycles. The van der Waals surface area contributed by atoms with Crippen molar-refractivity contribution in [2.45, 2.75) is 19.9 Å². The van der Waals surface area contributed by atoms with Crippen LogP contribution in [0.5, 0.6) is 5.75 Å². The molecule has 3 nitrogen and oxygen atoms in total. The Labute approximate surface area is 97.6 Å². The van der Waals surface area contributed by atoms with Crippen molar-refractivity contribution in [1.82, 2.24) is 5.32 Å². The predicted octanol–water partition coefficient (Wildman–Crippen LogP) is 2.21. The molecule has 1 amide bonds. The standard InChI is InChI=1S/C11H14BrNO2/c1-7-3-4-9(10(14)5-7)11(15)13-8(2)6-12/h3-5,8,14H,6H2,1-2H3,(H,13,15). The van der Waals surface area contributed by atoms with E-state index in [9.17, 15) is 9.90 Å². The van der Waals surface area contributed by atoms with Gasteiger partial charge in [0.15, 0.2) is 0 Å². The highest BCUT2D eigenvalue weighted by molar-refractivity contribution is 9.09. The number of alkyl halides is 1. The highest BCUT2D eigenvalue weighted by Crippen LogP contribution is 2.18. The van der Waals surface area contributed by atoms with Gasteiger partial charge in [0.1, 0.15) is 5.75 Å². The van der Waals surface area contributed by atoms with Gasteiger partial charge in [-0.3, -0.25) is 4.79 Å². The summed E-state index contributed by atoms with van der Waals surface area (Å²) in [5.41, 5.74) is 1.24. The van der Waals surface area contributed by atoms with Crippen LogP contribution < -0.4 is 5.32 Å². The molecular formula is C11H14BrNO2. The number of hydrogen-bond donors (Lipinski definition) is 2. The summed E-state index contributed by atoms with van der Waals surface area (Å²) in [5, 5.41) is 13.0. The summed E-state index contributed by atoms with van der Waals surface area (Å²) in [4.78, 5) is 11.7. The summed E-state index contributed by atoms with van der Waals surface area (Å²) >= 11 is 3.27. The number of hydrogen-bond acceptors (Lipinski definition) is 2. The van der Waals surface area contributed by atoms with Crippen molar-refractivity contribution in [2.24, 2.45) is 0 Å². The van der Waals surface area contributed by atoms with Crippen molar-refractivity contribution in [1.29, 1.82) is 0 Å². The van der Waals surface area contributed by atoms with Gasteiger partial charge in [-0.25, -0.2) is 0 Å². The molecule has 4 heteroatoms. The van der Waals surface area contributed by atoms with Gasteiger partial charge >= 0.3 is 0 Å². The molecule has 0 spiro atoms. The predicted molar refractivity (Wildman–Crippen MR) is 63.6 cm³/mol. The zero-order valence-corrected chi connectivity index (χ0v) is 10.3. The number of phenols is 1. The van der Waals surface area contributed by atoms with Crippen molar-refractivity contribution in [3.8, 4) is 5.75 Å². The molecule has 1 rings (SSSR count). The summed E-state index contributed by atoms with van der Waals surface area (Å²) in [6, 6.07) is 5.04. The summed E-state index contributed by atoms with van der Waals surface area (Å²) in [5.74, 6) is -0.228. The smallest absolute Gasteiger partial charge is 0.255 e. The van der Waals surface area contributed by atoms with Gasteiger partial charge < -0.3 is 10.4 Å². The molecule has 0 bridgehead atoms. The van der Waals surface area contributed by atoms with Crippen molar-refractivity contribution in [3.05, 3.63) is 29.3 Å². The number of halogens is 1. The quantitative estimate of drug-likeness (QED) is 0.829. The van der Waals surface area contributed by atoms with Crippen LogP contribution >= 0.6 is 15.9 Å². The molecule has 0 aromatic heterocycles. The Hall–Kier alpha value is -1.03. The maximum Gasteiger partial charge on any atom is 0.255 e. The Morgan fingerprint density at radius 1 is 1.60 bits per heavy atom. The lowest BCUT2D eigenvalue weighted by Gasteiger charge is -2.11. The van der Waals surface area contributed by atoms with Gasteiger partial charge in [-0.15, -0.1) is 0 Å². The molecule has 1 aromatic carbocycles. The van der Waals surface area contributed by atoms with Gasteiger partial charge in [-0.2, -0.15) is 0 Å². The number of benzene rings is 1. The molecule has 0 aliphatic heterocycles. The molecule has 15 heavy (non-hydrogen) atoms. The maximum absolute atomic E-state index is 11.7. The van der Waals surface area contributed by atoms with Gasteiger partial charge in [-0.05, 0) is 31.5 Å². The van der Waals surface area contributed by atoms with Crippen LogP contribution in [-0.4, -0.2) is 22.4 Å². The average molecular weight is 272 g/mol. The Bertz CT molecular complexity index is 366. The molecule has 0 aliphatic rings. The van der Waals surface area contributed by atoms with E-state index in [1.807, 2.05) is 13.8 Å². The fourth-order valence-electron chi connectivity index (χ4n) is 1.17. The van der Waals surface area contributed by atoms with Crippen molar-refractivity contribution in [3.63, 3.8) is 0 Å². The highest BCUT2D eigenvalue weighted by Gasteiger charge is 2.12. The van der Waals surface area contributed by atoms with Crippen molar-refractivity contribution >= 4 is 21.8 Å². The molecule has 0 saturated carbocycles. The third-order valence-corrected chi connectivity index (χ3v) is 2.98. The number of aryl methyl sites for hydroxylation is 1. The molecular weight excluding hydrogens is 258 g/mol. The molecule has 1 atom stereocenters. The van der Waals surface area contributed by atoms with Crippen LogP contribution in [0.2, 0.25) is 0 Å². The molecule has 0 aliphatic carbocycles. The molecule has 0 radical (unpaired) electrons. The molecule has 0 fully saturated rings. The van der Waals surface area contributed by atoms with E-state index in [-0.39, 0.29) is 17.7 Å². The summed E-state index contributed by atoms with van der Waals surface area (Å²) in [7, 11) is 0. The monoisotopic (exact) mass is 271 g/mol. The van der Waals surface area contributed by atoms with E-state index >= 15 is 0 Å². The Kier molecular flexibility index (Phi) is 4.15. The lowest BCUT2D eigenvalue weighted by atomic mass is 10.1. The van der Waals surface area contributed by atoms with Crippen LogP contribution in [0, 0.1) is 6.92 Å². The van der Waals surface area contributed by atoms with E-state index in [2.05, 4.69) is 21.2 Å². The van der Waals surface area contributed by atoms with Crippen LogP contribution in [0.4, 0.5) is 0 Å². The minimum atomic E-state index is -0.251. The first-order chi connectivity index (χ1) is 7.04. The minimum Gasteiger partial charge on any atom is -0.507 e. The number of carbonyl (C=O) groups excluding carboxylic acids is 1. The SMILES string of the molecule is Cc1ccc(C(=O)NC(C)CBr)c(O)c1. The first-order valence-electron chi connectivity index (χ1n) is 4.71. The molecule has 2 N–H and O–H groups in total. The van der Waals surface area contributed by atoms with Gasteiger partial charge in [0.25, 0.3) is 5.91 Å². The summed E-state index contributed by atoms with van der Waals surface area (Å²) in [6.07, 6.45) is 0. The van der Waals surface area contributed by atoms with E-state index in [0.717, 1.165) is 5.56 Å².